The van der Waals surface area contributed by atoms with E-state index in [9.17, 15) is 9.90 Å². The molecule has 0 aromatic heterocycles. The predicted octanol–water partition coefficient (Wildman–Crippen LogP) is 1.82. The summed E-state index contributed by atoms with van der Waals surface area (Å²) < 4.78 is 17.3. The Hall–Kier alpha value is 0.0369. The first kappa shape index (κ1) is 22.0. The lowest BCUT2D eigenvalue weighted by Gasteiger charge is -2.28. The van der Waals surface area contributed by atoms with Crippen LogP contribution in [0.25, 0.3) is 0 Å². The summed E-state index contributed by atoms with van der Waals surface area (Å²) in [6.45, 7) is 7.12. The summed E-state index contributed by atoms with van der Waals surface area (Å²) in [5.74, 6) is 0.241. The molecule has 1 unspecified atom stereocenters. The summed E-state index contributed by atoms with van der Waals surface area (Å²) in [6.07, 6.45) is 1.16. The molecule has 1 atom stereocenters. The van der Waals surface area contributed by atoms with Gasteiger partial charge in [0.05, 0.1) is 12.7 Å². The van der Waals surface area contributed by atoms with Crippen LogP contribution in [0.15, 0.2) is 0 Å². The Morgan fingerprint density at radius 2 is 1.64 bits per heavy atom. The zero-order valence-electron chi connectivity index (χ0n) is 13.9. The third-order valence-corrected chi connectivity index (χ3v) is 7.08. The van der Waals surface area contributed by atoms with Crippen molar-refractivity contribution in [1.29, 1.82) is 0 Å². The highest BCUT2D eigenvalue weighted by Gasteiger charge is 2.39. The van der Waals surface area contributed by atoms with Crippen LogP contribution in [0.1, 0.15) is 40.0 Å². The lowest BCUT2D eigenvalue weighted by molar-refractivity contribution is -0.111. The van der Waals surface area contributed by atoms with E-state index in [0.29, 0.717) is 32.3 Å². The first-order chi connectivity index (χ1) is 10.5. The van der Waals surface area contributed by atoms with Crippen molar-refractivity contribution in [3.8, 4) is 0 Å². The van der Waals surface area contributed by atoms with Crippen molar-refractivity contribution in [2.24, 2.45) is 0 Å². The average molecular weight is 355 g/mol. The van der Waals surface area contributed by atoms with E-state index in [2.05, 4.69) is 0 Å². The van der Waals surface area contributed by atoms with Crippen LogP contribution in [-0.2, 0) is 18.1 Å². The Kier molecular flexibility index (Phi) is 13.5. The molecule has 0 aliphatic heterocycles. The molecule has 0 amide bonds. The minimum absolute atomic E-state index is 0.0315. The second-order valence-electron chi connectivity index (χ2n) is 4.71. The second kappa shape index (κ2) is 13.5. The topological polar surface area (TPSA) is 85.2 Å². The minimum atomic E-state index is -2.60. The Bertz CT molecular complexity index is 275. The van der Waals surface area contributed by atoms with E-state index >= 15 is 0 Å². The van der Waals surface area contributed by atoms with Crippen LogP contribution in [0.5, 0.6) is 0 Å². The maximum Gasteiger partial charge on any atom is 0.500 e. The van der Waals surface area contributed by atoms with Gasteiger partial charge in [-0.25, -0.2) is 0 Å². The van der Waals surface area contributed by atoms with Crippen LogP contribution in [0.2, 0.25) is 6.04 Å². The maximum absolute atomic E-state index is 11.7. The fraction of sp³-hybridized carbons (Fsp3) is 0.929. The summed E-state index contributed by atoms with van der Waals surface area (Å²) in [5, 5.41) is 17.9. The van der Waals surface area contributed by atoms with Crippen LogP contribution >= 0.6 is 11.8 Å². The van der Waals surface area contributed by atoms with Crippen LogP contribution in [0, 0.1) is 0 Å². The van der Waals surface area contributed by atoms with Gasteiger partial charge in [-0.15, -0.1) is 0 Å². The molecule has 0 bridgehead atoms. The van der Waals surface area contributed by atoms with Crippen molar-refractivity contribution in [1.82, 2.24) is 0 Å². The van der Waals surface area contributed by atoms with Crippen molar-refractivity contribution < 1.29 is 28.3 Å². The van der Waals surface area contributed by atoms with Gasteiger partial charge in [-0.3, -0.25) is 4.79 Å². The van der Waals surface area contributed by atoms with Crippen molar-refractivity contribution in [2.45, 2.75) is 52.2 Å². The lowest BCUT2D eigenvalue weighted by atomic mass is 10.3. The summed E-state index contributed by atoms with van der Waals surface area (Å²) in [7, 11) is -2.60. The van der Waals surface area contributed by atoms with Gasteiger partial charge in [-0.05, 0) is 33.6 Å². The van der Waals surface area contributed by atoms with Gasteiger partial charge in [-0.2, -0.15) is 0 Å². The van der Waals surface area contributed by atoms with Crippen LogP contribution < -0.4 is 0 Å². The molecule has 0 aliphatic carbocycles. The van der Waals surface area contributed by atoms with Crippen molar-refractivity contribution >= 4 is 25.7 Å². The predicted molar refractivity (Wildman–Crippen MR) is 89.8 cm³/mol. The van der Waals surface area contributed by atoms with Crippen LogP contribution in [-0.4, -0.2) is 62.4 Å². The Balaban J connectivity index is 4.08. The number of unbranched alkanes of at least 4 members (excludes halogenated alkanes) is 1. The van der Waals surface area contributed by atoms with Gasteiger partial charge in [0.1, 0.15) is 0 Å². The fourth-order valence-electron chi connectivity index (χ4n) is 1.93. The van der Waals surface area contributed by atoms with Crippen molar-refractivity contribution in [3.05, 3.63) is 0 Å². The molecule has 22 heavy (non-hydrogen) atoms. The summed E-state index contributed by atoms with van der Waals surface area (Å²) >= 11 is 1.07. The number of hydrogen-bond acceptors (Lipinski definition) is 7. The van der Waals surface area contributed by atoms with E-state index in [1.807, 2.05) is 20.8 Å². The molecule has 0 spiro atoms. The number of hydrogen-bond donors (Lipinski definition) is 2. The number of carbonyl (C=O) groups is 1. The van der Waals surface area contributed by atoms with E-state index in [0.717, 1.165) is 24.6 Å². The van der Waals surface area contributed by atoms with E-state index in [1.165, 1.54) is 0 Å². The molecular formula is C14H30O6SSi. The van der Waals surface area contributed by atoms with Crippen LogP contribution in [0.3, 0.4) is 0 Å². The highest BCUT2D eigenvalue weighted by Crippen LogP contribution is 2.21. The summed E-state index contributed by atoms with van der Waals surface area (Å²) in [6, 6.07) is 0.708. The SMILES string of the molecule is CCO[Si](CCCCC(=O)SCC(O)CO)(OCC)OCC. The maximum atomic E-state index is 11.7. The standard InChI is InChI=1S/C14H30O6SSi/c1-4-18-22(19-5-2,20-6-3)10-8-7-9-14(17)21-12-13(16)11-15/h13,15-16H,4-12H2,1-3H3. The normalized spacial score (nSPS) is 13.3. The average Bonchev–Trinajstić information content (AvgIpc) is 2.50. The third-order valence-electron chi connectivity index (χ3n) is 2.85. The van der Waals surface area contributed by atoms with Crippen molar-refractivity contribution in [2.75, 3.05) is 32.2 Å². The number of thioether (sulfide) groups is 1. The fourth-order valence-corrected chi connectivity index (χ4v) is 5.38. The highest BCUT2D eigenvalue weighted by atomic mass is 32.2. The molecule has 2 N–H and O–H groups in total. The zero-order valence-corrected chi connectivity index (χ0v) is 15.7. The van der Waals surface area contributed by atoms with Gasteiger partial charge in [0.25, 0.3) is 0 Å². The largest absolute Gasteiger partial charge is 0.500 e. The smallest absolute Gasteiger partial charge is 0.394 e. The van der Waals surface area contributed by atoms with Gasteiger partial charge in [0.2, 0.25) is 0 Å². The van der Waals surface area contributed by atoms with E-state index in [4.69, 9.17) is 18.4 Å². The van der Waals surface area contributed by atoms with Gasteiger partial charge in [0, 0.05) is 38.0 Å². The molecule has 0 radical (unpaired) electrons. The Labute approximate surface area is 138 Å². The molecule has 0 rings (SSSR count). The minimum Gasteiger partial charge on any atom is -0.394 e. The number of aliphatic hydroxyl groups excluding tert-OH is 2. The molecular weight excluding hydrogens is 324 g/mol. The molecule has 0 saturated carbocycles. The Morgan fingerprint density at radius 3 is 2.09 bits per heavy atom. The number of carbonyl (C=O) groups excluding carboxylic acids is 1. The van der Waals surface area contributed by atoms with E-state index in [1.54, 1.807) is 0 Å². The zero-order chi connectivity index (χ0) is 16.8. The quantitative estimate of drug-likeness (QED) is 0.363. The first-order valence-corrected chi connectivity index (χ1v) is 10.8. The van der Waals surface area contributed by atoms with Gasteiger partial charge < -0.3 is 23.5 Å². The monoisotopic (exact) mass is 354 g/mol. The summed E-state index contributed by atoms with van der Waals surface area (Å²) in [5.41, 5.74) is 0. The molecule has 0 heterocycles. The molecule has 0 aromatic carbocycles. The number of aliphatic hydroxyl groups is 2. The molecule has 0 fully saturated rings. The molecule has 0 aliphatic rings. The second-order valence-corrected chi connectivity index (χ2v) is 8.52. The summed E-state index contributed by atoms with van der Waals surface area (Å²) in [4.78, 5) is 11.7. The molecule has 132 valence electrons. The van der Waals surface area contributed by atoms with E-state index < -0.39 is 14.9 Å². The molecule has 6 nitrogen and oxygen atoms in total. The molecule has 8 heteroatoms. The van der Waals surface area contributed by atoms with Crippen LogP contribution in [0.4, 0.5) is 0 Å². The molecule has 0 saturated heterocycles. The Morgan fingerprint density at radius 1 is 1.09 bits per heavy atom. The van der Waals surface area contributed by atoms with Crippen molar-refractivity contribution in [3.63, 3.8) is 0 Å². The van der Waals surface area contributed by atoms with Gasteiger partial charge >= 0.3 is 8.80 Å². The number of rotatable bonds is 14. The third kappa shape index (κ3) is 9.93. The van der Waals surface area contributed by atoms with E-state index in [-0.39, 0.29) is 17.5 Å². The van der Waals surface area contributed by atoms with Gasteiger partial charge in [-0.1, -0.05) is 11.8 Å². The lowest BCUT2D eigenvalue weighted by Crippen LogP contribution is -2.45. The molecule has 0 aromatic rings. The highest BCUT2D eigenvalue weighted by molar-refractivity contribution is 8.13. The first-order valence-electron chi connectivity index (χ1n) is 7.89. The van der Waals surface area contributed by atoms with Gasteiger partial charge in [0.15, 0.2) is 5.12 Å².